The van der Waals surface area contributed by atoms with Crippen molar-refractivity contribution in [2.75, 3.05) is 6.61 Å². The number of nitrogens with zero attached hydrogens (tertiary/aromatic N) is 2. The Labute approximate surface area is 188 Å². The lowest BCUT2D eigenvalue weighted by Crippen LogP contribution is -2.28. The van der Waals surface area contributed by atoms with E-state index in [1.54, 1.807) is 6.08 Å². The van der Waals surface area contributed by atoms with Gasteiger partial charge >= 0.3 is 5.97 Å². The number of amides is 1. The minimum Gasteiger partial charge on any atom is -0.452 e. The lowest BCUT2D eigenvalue weighted by Gasteiger charge is -2.06. The fraction of sp³-hybridized carbons (Fsp3) is 0.269. The van der Waals surface area contributed by atoms with E-state index < -0.39 is 5.97 Å². The van der Waals surface area contributed by atoms with Gasteiger partial charge in [0.2, 0.25) is 0 Å². The number of ether oxygens (including phenoxy) is 1. The van der Waals surface area contributed by atoms with Gasteiger partial charge in [-0.3, -0.25) is 9.48 Å². The van der Waals surface area contributed by atoms with Gasteiger partial charge in [-0.2, -0.15) is 5.10 Å². The third kappa shape index (κ3) is 6.41. The Kier molecular flexibility index (Phi) is 7.60. The first-order valence-corrected chi connectivity index (χ1v) is 10.6. The normalized spacial score (nSPS) is 11.0. The highest BCUT2D eigenvalue weighted by molar-refractivity contribution is 5.89. The quantitative estimate of drug-likeness (QED) is 0.432. The van der Waals surface area contributed by atoms with Crippen LogP contribution in [0.1, 0.15) is 39.2 Å². The van der Waals surface area contributed by atoms with Crippen LogP contribution in [0.2, 0.25) is 0 Å². The van der Waals surface area contributed by atoms with Crippen LogP contribution in [0, 0.1) is 27.7 Å². The van der Waals surface area contributed by atoms with Gasteiger partial charge in [0.05, 0.1) is 12.2 Å². The summed E-state index contributed by atoms with van der Waals surface area (Å²) in [5.74, 6) is -0.911. The summed E-state index contributed by atoms with van der Waals surface area (Å²) in [5, 5.41) is 7.33. The van der Waals surface area contributed by atoms with Crippen molar-refractivity contribution in [2.24, 2.45) is 0 Å². The molecule has 1 heterocycles. The van der Waals surface area contributed by atoms with Crippen LogP contribution in [-0.2, 0) is 27.4 Å². The number of nitrogens with one attached hydrogen (secondary N) is 1. The molecule has 0 aliphatic rings. The van der Waals surface area contributed by atoms with E-state index in [4.69, 9.17) is 4.74 Å². The summed E-state index contributed by atoms with van der Waals surface area (Å²) >= 11 is 0. The summed E-state index contributed by atoms with van der Waals surface area (Å²) in [6, 6.07) is 16.2. The number of benzene rings is 2. The topological polar surface area (TPSA) is 73.2 Å². The predicted octanol–water partition coefficient (Wildman–Crippen LogP) is 4.04. The van der Waals surface area contributed by atoms with Gasteiger partial charge in [-0.1, -0.05) is 59.7 Å². The second kappa shape index (κ2) is 10.6. The molecule has 0 aliphatic carbocycles. The van der Waals surface area contributed by atoms with Crippen molar-refractivity contribution < 1.29 is 14.3 Å². The van der Waals surface area contributed by atoms with Gasteiger partial charge in [0.1, 0.15) is 0 Å². The molecule has 3 aromatic rings. The summed E-state index contributed by atoms with van der Waals surface area (Å²) in [5.41, 5.74) is 7.19. The number of carbonyl (C=O) groups excluding carboxylic acids is 2. The van der Waals surface area contributed by atoms with Crippen LogP contribution in [0.4, 0.5) is 0 Å². The fourth-order valence-electron chi connectivity index (χ4n) is 3.27. The van der Waals surface area contributed by atoms with Gasteiger partial charge in [-0.25, -0.2) is 4.79 Å². The van der Waals surface area contributed by atoms with E-state index in [9.17, 15) is 9.59 Å². The molecule has 0 atom stereocenters. The summed E-state index contributed by atoms with van der Waals surface area (Å²) in [4.78, 5) is 24.0. The van der Waals surface area contributed by atoms with Crippen molar-refractivity contribution >= 4 is 18.0 Å². The Morgan fingerprint density at radius 3 is 2.16 bits per heavy atom. The Bertz CT molecular complexity index is 1110. The van der Waals surface area contributed by atoms with E-state index in [0.717, 1.165) is 33.6 Å². The molecular weight excluding hydrogens is 402 g/mol. The zero-order chi connectivity index (χ0) is 23.1. The lowest BCUT2D eigenvalue weighted by molar-refractivity contribution is -0.143. The first-order chi connectivity index (χ1) is 15.3. The number of esters is 1. The Balaban J connectivity index is 1.51. The Hall–Kier alpha value is -3.67. The third-order valence-electron chi connectivity index (χ3n) is 5.23. The maximum atomic E-state index is 12.1. The van der Waals surface area contributed by atoms with Crippen LogP contribution in [-0.4, -0.2) is 28.3 Å². The van der Waals surface area contributed by atoms with E-state index in [-0.39, 0.29) is 12.5 Å². The molecular formula is C26H29N3O3. The number of carbonyl (C=O) groups is 2. The van der Waals surface area contributed by atoms with Gasteiger partial charge in [0.15, 0.2) is 6.61 Å². The van der Waals surface area contributed by atoms with E-state index in [1.807, 2.05) is 49.7 Å². The molecule has 1 N–H and O–H groups in total. The van der Waals surface area contributed by atoms with Crippen LogP contribution in [0.5, 0.6) is 0 Å². The molecule has 0 bridgehead atoms. The zero-order valence-corrected chi connectivity index (χ0v) is 19.0. The van der Waals surface area contributed by atoms with Crippen molar-refractivity contribution in [2.45, 2.75) is 40.8 Å². The van der Waals surface area contributed by atoms with Gasteiger partial charge in [-0.15, -0.1) is 0 Å². The van der Waals surface area contributed by atoms with Gasteiger partial charge in [0.25, 0.3) is 5.91 Å². The van der Waals surface area contributed by atoms with E-state index in [0.29, 0.717) is 13.1 Å². The summed E-state index contributed by atoms with van der Waals surface area (Å²) in [6.07, 6.45) is 3.02. The highest BCUT2D eigenvalue weighted by Gasteiger charge is 2.11. The first kappa shape index (κ1) is 23.0. The third-order valence-corrected chi connectivity index (χ3v) is 5.23. The molecule has 0 spiro atoms. The zero-order valence-electron chi connectivity index (χ0n) is 19.0. The van der Waals surface area contributed by atoms with Gasteiger partial charge in [0, 0.05) is 23.9 Å². The van der Waals surface area contributed by atoms with Crippen LogP contribution < -0.4 is 5.32 Å². The van der Waals surface area contributed by atoms with Crippen LogP contribution in [0.15, 0.2) is 54.6 Å². The van der Waals surface area contributed by atoms with Crippen molar-refractivity contribution in [1.82, 2.24) is 15.1 Å². The standard InChI is InChI=1S/C26H29N3O3/c1-18-5-9-22(10-6-18)15-27-25(30)17-32-26(31)14-13-24-20(3)28-29(21(24)4)16-23-11-7-19(2)8-12-23/h5-14H,15-17H2,1-4H3,(H,27,30)/b14-13+. The largest absolute Gasteiger partial charge is 0.452 e. The Morgan fingerprint density at radius 1 is 0.938 bits per heavy atom. The second-order valence-electron chi connectivity index (χ2n) is 7.93. The molecule has 3 rings (SSSR count). The molecule has 0 saturated heterocycles. The Morgan fingerprint density at radius 2 is 1.53 bits per heavy atom. The van der Waals surface area contributed by atoms with Gasteiger partial charge < -0.3 is 10.1 Å². The molecule has 166 valence electrons. The molecule has 0 unspecified atom stereocenters. The highest BCUT2D eigenvalue weighted by atomic mass is 16.5. The van der Waals surface area contributed by atoms with E-state index >= 15 is 0 Å². The molecule has 1 amide bonds. The molecule has 32 heavy (non-hydrogen) atoms. The molecule has 0 aliphatic heterocycles. The van der Waals surface area contributed by atoms with E-state index in [2.05, 4.69) is 41.6 Å². The predicted molar refractivity (Wildman–Crippen MR) is 125 cm³/mol. The molecule has 6 nitrogen and oxygen atoms in total. The van der Waals surface area contributed by atoms with Crippen LogP contribution >= 0.6 is 0 Å². The van der Waals surface area contributed by atoms with Crippen molar-refractivity contribution in [1.29, 1.82) is 0 Å². The van der Waals surface area contributed by atoms with Crippen molar-refractivity contribution in [3.05, 3.63) is 93.8 Å². The fourth-order valence-corrected chi connectivity index (χ4v) is 3.27. The van der Waals surface area contributed by atoms with Crippen LogP contribution in [0.3, 0.4) is 0 Å². The number of aromatic nitrogens is 2. The molecule has 0 saturated carbocycles. The minimum atomic E-state index is -0.569. The molecule has 6 heteroatoms. The molecule has 1 aromatic heterocycles. The maximum Gasteiger partial charge on any atom is 0.331 e. The molecule has 0 radical (unpaired) electrons. The first-order valence-electron chi connectivity index (χ1n) is 10.6. The molecule has 0 fully saturated rings. The van der Waals surface area contributed by atoms with E-state index in [1.165, 1.54) is 11.6 Å². The maximum absolute atomic E-state index is 12.1. The van der Waals surface area contributed by atoms with Crippen molar-refractivity contribution in [3.8, 4) is 0 Å². The molecule has 2 aromatic carbocycles. The smallest absolute Gasteiger partial charge is 0.331 e. The summed E-state index contributed by atoms with van der Waals surface area (Å²) < 4.78 is 6.98. The lowest BCUT2D eigenvalue weighted by atomic mass is 10.1. The second-order valence-corrected chi connectivity index (χ2v) is 7.93. The highest BCUT2D eigenvalue weighted by Crippen LogP contribution is 2.17. The summed E-state index contributed by atoms with van der Waals surface area (Å²) in [7, 11) is 0. The summed E-state index contributed by atoms with van der Waals surface area (Å²) in [6.45, 7) is 8.67. The number of aryl methyl sites for hydroxylation is 3. The number of hydrogen-bond donors (Lipinski definition) is 1. The SMILES string of the molecule is Cc1ccc(CNC(=O)COC(=O)/C=C/c2c(C)nn(Cc3ccc(C)cc3)c2C)cc1. The van der Waals surface area contributed by atoms with Gasteiger partial charge in [-0.05, 0) is 44.9 Å². The number of hydrogen-bond acceptors (Lipinski definition) is 4. The monoisotopic (exact) mass is 431 g/mol. The average molecular weight is 432 g/mol. The number of rotatable bonds is 8. The minimum absolute atomic E-state index is 0.320. The van der Waals surface area contributed by atoms with Crippen molar-refractivity contribution in [3.63, 3.8) is 0 Å². The average Bonchev–Trinajstić information content (AvgIpc) is 3.04. The van der Waals surface area contributed by atoms with Crippen LogP contribution in [0.25, 0.3) is 6.08 Å².